The predicted molar refractivity (Wildman–Crippen MR) is 97.3 cm³/mol. The number of aryl methyl sites for hydroxylation is 1. The molecule has 0 spiro atoms. The van der Waals surface area contributed by atoms with Crippen LogP contribution < -0.4 is 10.1 Å². The highest BCUT2D eigenvalue weighted by molar-refractivity contribution is 5.83. The van der Waals surface area contributed by atoms with E-state index in [-0.39, 0.29) is 6.10 Å². The Morgan fingerprint density at radius 2 is 2.24 bits per heavy atom. The first kappa shape index (κ1) is 14.8. The summed E-state index contributed by atoms with van der Waals surface area (Å²) >= 11 is 0. The number of imidazole rings is 1. The minimum absolute atomic E-state index is 0.189. The van der Waals surface area contributed by atoms with Crippen LogP contribution in [0.3, 0.4) is 0 Å². The van der Waals surface area contributed by atoms with Crippen molar-refractivity contribution in [2.45, 2.75) is 32.0 Å². The molecule has 5 nitrogen and oxygen atoms in total. The summed E-state index contributed by atoms with van der Waals surface area (Å²) in [7, 11) is 1.71. The molecule has 0 saturated carbocycles. The summed E-state index contributed by atoms with van der Waals surface area (Å²) in [4.78, 5) is 4.62. The molecule has 1 saturated heterocycles. The number of aromatic nitrogens is 2. The number of nitrogens with zero attached hydrogens (tertiary/aromatic N) is 2. The number of hydrogen-bond acceptors (Lipinski definition) is 4. The van der Waals surface area contributed by atoms with Gasteiger partial charge in [0, 0.05) is 24.4 Å². The first-order valence-corrected chi connectivity index (χ1v) is 8.73. The van der Waals surface area contributed by atoms with Crippen LogP contribution >= 0.6 is 0 Å². The zero-order valence-corrected chi connectivity index (χ0v) is 14.5. The van der Waals surface area contributed by atoms with Gasteiger partial charge in [0.2, 0.25) is 0 Å². The van der Waals surface area contributed by atoms with Gasteiger partial charge in [-0.3, -0.25) is 0 Å². The molecule has 2 aromatic carbocycles. The Balaban J connectivity index is 1.51. The molecule has 0 amide bonds. The van der Waals surface area contributed by atoms with Crippen molar-refractivity contribution in [1.82, 2.24) is 9.55 Å². The number of hydrogen-bond donors (Lipinski definition) is 1. The van der Waals surface area contributed by atoms with Crippen LogP contribution in [0.1, 0.15) is 29.2 Å². The van der Waals surface area contributed by atoms with Gasteiger partial charge in [-0.1, -0.05) is 12.1 Å². The van der Waals surface area contributed by atoms with Crippen LogP contribution in [-0.4, -0.2) is 29.3 Å². The Hall–Kier alpha value is -2.53. The standard InChI is InChI=1S/C20H21N3O2/c1-12-7-13(3-4-19(12)24-2)10-23-11-21-17-8-14-16(9-18(17)23)22-15-5-6-25-20(14)15/h3-4,7-9,11,15,20,22H,5-6,10H2,1-2H3/t15-,20-/m1/s1. The van der Waals surface area contributed by atoms with Crippen molar-refractivity contribution < 1.29 is 9.47 Å². The van der Waals surface area contributed by atoms with Crippen molar-refractivity contribution in [3.8, 4) is 5.75 Å². The molecular formula is C20H21N3O2. The van der Waals surface area contributed by atoms with Gasteiger partial charge in [0.1, 0.15) is 11.9 Å². The van der Waals surface area contributed by atoms with Gasteiger partial charge in [-0.2, -0.15) is 0 Å². The normalized spacial score (nSPS) is 21.2. The molecule has 0 unspecified atom stereocenters. The van der Waals surface area contributed by atoms with E-state index in [4.69, 9.17) is 9.47 Å². The summed E-state index contributed by atoms with van der Waals surface area (Å²) < 4.78 is 13.4. The molecule has 1 aromatic heterocycles. The molecule has 1 fully saturated rings. The van der Waals surface area contributed by atoms with Gasteiger partial charge in [-0.05, 0) is 42.7 Å². The Morgan fingerprint density at radius 3 is 3.08 bits per heavy atom. The number of nitrogens with one attached hydrogen (secondary N) is 1. The molecule has 3 aromatic rings. The predicted octanol–water partition coefficient (Wildman–Crippen LogP) is 3.66. The van der Waals surface area contributed by atoms with Crippen molar-refractivity contribution in [3.05, 3.63) is 53.3 Å². The fourth-order valence-electron chi connectivity index (χ4n) is 4.09. The molecule has 2 aliphatic rings. The van der Waals surface area contributed by atoms with Gasteiger partial charge < -0.3 is 19.4 Å². The van der Waals surface area contributed by atoms with Crippen LogP contribution in [0.2, 0.25) is 0 Å². The quantitative estimate of drug-likeness (QED) is 0.793. The number of rotatable bonds is 3. The second kappa shape index (κ2) is 5.49. The summed E-state index contributed by atoms with van der Waals surface area (Å²) in [6, 6.07) is 11.1. The average Bonchev–Trinajstić information content (AvgIpc) is 3.28. The van der Waals surface area contributed by atoms with E-state index in [1.165, 1.54) is 16.8 Å². The smallest absolute Gasteiger partial charge is 0.121 e. The Morgan fingerprint density at radius 1 is 1.32 bits per heavy atom. The highest BCUT2D eigenvalue weighted by Crippen LogP contribution is 2.43. The summed E-state index contributed by atoms with van der Waals surface area (Å²) in [6.45, 7) is 3.71. The summed E-state index contributed by atoms with van der Waals surface area (Å²) in [5, 5.41) is 3.61. The van der Waals surface area contributed by atoms with Gasteiger partial charge in [-0.25, -0.2) is 4.98 Å². The van der Waals surface area contributed by atoms with Crippen molar-refractivity contribution >= 4 is 16.7 Å². The Labute approximate surface area is 146 Å². The maximum atomic E-state index is 5.88. The fourth-order valence-corrected chi connectivity index (χ4v) is 4.09. The van der Waals surface area contributed by atoms with Crippen LogP contribution in [0.15, 0.2) is 36.7 Å². The van der Waals surface area contributed by atoms with Crippen molar-refractivity contribution in [2.24, 2.45) is 0 Å². The molecule has 5 rings (SSSR count). The zero-order valence-electron chi connectivity index (χ0n) is 14.5. The van der Waals surface area contributed by atoms with E-state index in [1.54, 1.807) is 7.11 Å². The molecule has 128 valence electrons. The lowest BCUT2D eigenvalue weighted by Gasteiger charge is -2.10. The highest BCUT2D eigenvalue weighted by Gasteiger charge is 2.37. The second-order valence-corrected chi connectivity index (χ2v) is 6.94. The minimum Gasteiger partial charge on any atom is -0.496 e. The molecule has 2 aliphatic heterocycles. The Kier molecular flexibility index (Phi) is 3.25. The largest absolute Gasteiger partial charge is 0.496 e. The van der Waals surface area contributed by atoms with Gasteiger partial charge >= 0.3 is 0 Å². The molecule has 5 heteroatoms. The van der Waals surface area contributed by atoms with Crippen LogP contribution in [0.4, 0.5) is 5.69 Å². The lowest BCUT2D eigenvalue weighted by Crippen LogP contribution is -2.14. The number of ether oxygens (including phenoxy) is 2. The van der Waals surface area contributed by atoms with Crippen LogP contribution in [-0.2, 0) is 11.3 Å². The minimum atomic E-state index is 0.189. The van der Waals surface area contributed by atoms with E-state index in [1.807, 2.05) is 12.4 Å². The zero-order chi connectivity index (χ0) is 17.0. The summed E-state index contributed by atoms with van der Waals surface area (Å²) in [5.74, 6) is 0.924. The lowest BCUT2D eigenvalue weighted by molar-refractivity contribution is 0.112. The Bertz CT molecular complexity index is 963. The van der Waals surface area contributed by atoms with Gasteiger partial charge in [0.15, 0.2) is 0 Å². The molecule has 0 aliphatic carbocycles. The fraction of sp³-hybridized carbons (Fsp3) is 0.350. The molecule has 2 atom stereocenters. The molecule has 3 heterocycles. The van der Waals surface area contributed by atoms with Crippen LogP contribution in [0.25, 0.3) is 11.0 Å². The summed E-state index contributed by atoms with van der Waals surface area (Å²) in [6.07, 6.45) is 3.18. The third-order valence-corrected chi connectivity index (χ3v) is 5.34. The number of benzene rings is 2. The second-order valence-electron chi connectivity index (χ2n) is 6.94. The summed E-state index contributed by atoms with van der Waals surface area (Å²) in [5.41, 5.74) is 7.01. The van der Waals surface area contributed by atoms with E-state index in [0.717, 1.165) is 41.9 Å². The molecule has 1 N–H and O–H groups in total. The third-order valence-electron chi connectivity index (χ3n) is 5.34. The topological polar surface area (TPSA) is 48.3 Å². The van der Waals surface area contributed by atoms with E-state index in [9.17, 15) is 0 Å². The highest BCUT2D eigenvalue weighted by atomic mass is 16.5. The lowest BCUT2D eigenvalue weighted by atomic mass is 10.1. The first-order valence-electron chi connectivity index (χ1n) is 8.73. The molecular weight excluding hydrogens is 314 g/mol. The van der Waals surface area contributed by atoms with Gasteiger partial charge in [0.25, 0.3) is 0 Å². The molecule has 0 bridgehead atoms. The van der Waals surface area contributed by atoms with E-state index in [2.05, 4.69) is 46.1 Å². The monoisotopic (exact) mass is 335 g/mol. The van der Waals surface area contributed by atoms with Crippen molar-refractivity contribution in [2.75, 3.05) is 19.0 Å². The van der Waals surface area contributed by atoms with E-state index in [0.29, 0.717) is 6.04 Å². The van der Waals surface area contributed by atoms with E-state index >= 15 is 0 Å². The van der Waals surface area contributed by atoms with Crippen LogP contribution in [0, 0.1) is 6.92 Å². The molecule has 0 radical (unpaired) electrons. The number of anilines is 1. The maximum absolute atomic E-state index is 5.88. The third kappa shape index (κ3) is 2.30. The number of fused-ring (bicyclic) bond motifs is 4. The average molecular weight is 335 g/mol. The number of methoxy groups -OCH3 is 1. The first-order chi connectivity index (χ1) is 12.2. The maximum Gasteiger partial charge on any atom is 0.121 e. The van der Waals surface area contributed by atoms with Gasteiger partial charge in [-0.15, -0.1) is 0 Å². The van der Waals surface area contributed by atoms with E-state index < -0.39 is 0 Å². The molecule has 25 heavy (non-hydrogen) atoms. The van der Waals surface area contributed by atoms with Gasteiger partial charge in [0.05, 0.1) is 30.5 Å². The van der Waals surface area contributed by atoms with Crippen molar-refractivity contribution in [1.29, 1.82) is 0 Å². The van der Waals surface area contributed by atoms with Crippen molar-refractivity contribution in [3.63, 3.8) is 0 Å². The SMILES string of the molecule is COc1ccc(Cn2cnc3cc4c(cc32)N[C@@H]2CCO[C@H]42)cc1C. The van der Waals surface area contributed by atoms with Crippen LogP contribution in [0.5, 0.6) is 5.75 Å².